The van der Waals surface area contributed by atoms with Gasteiger partial charge in [0.05, 0.1) is 24.7 Å². The van der Waals surface area contributed by atoms with Crippen molar-refractivity contribution < 1.29 is 23.8 Å². The van der Waals surface area contributed by atoms with Crippen molar-refractivity contribution in [3.8, 4) is 5.75 Å². The molecule has 41 heavy (non-hydrogen) atoms. The van der Waals surface area contributed by atoms with Crippen LogP contribution in [0.4, 0.5) is 5.82 Å². The van der Waals surface area contributed by atoms with E-state index in [9.17, 15) is 9.59 Å². The molecule has 1 spiro atoms. The summed E-state index contributed by atoms with van der Waals surface area (Å²) >= 11 is 3.45. The summed E-state index contributed by atoms with van der Waals surface area (Å²) in [5.74, 6) is 1.53. The van der Waals surface area contributed by atoms with Crippen LogP contribution < -0.4 is 15.0 Å². The van der Waals surface area contributed by atoms with E-state index in [0.717, 1.165) is 41.7 Å². The number of benzene rings is 1. The Balaban J connectivity index is 1.07. The molecule has 10 nitrogen and oxygen atoms in total. The van der Waals surface area contributed by atoms with Gasteiger partial charge in [0.2, 0.25) is 0 Å². The van der Waals surface area contributed by atoms with Gasteiger partial charge in [-0.25, -0.2) is 9.97 Å². The van der Waals surface area contributed by atoms with Crippen LogP contribution in [-0.2, 0) is 9.47 Å². The average molecular weight is 629 g/mol. The van der Waals surface area contributed by atoms with E-state index in [2.05, 4.69) is 36.1 Å². The molecule has 1 N–H and O–H groups in total. The molecule has 3 saturated heterocycles. The van der Waals surface area contributed by atoms with E-state index in [0.29, 0.717) is 75.1 Å². The highest BCUT2D eigenvalue weighted by atomic mass is 79.9. The summed E-state index contributed by atoms with van der Waals surface area (Å²) in [5, 5.41) is 3.75. The summed E-state index contributed by atoms with van der Waals surface area (Å²) in [5.41, 5.74) is 1.41. The van der Waals surface area contributed by atoms with Crippen LogP contribution in [-0.4, -0.2) is 96.8 Å². The van der Waals surface area contributed by atoms with Crippen LogP contribution in [0.25, 0.3) is 0 Å². The standard InChI is InChI=1S/C30H38BrN5O5/c1-19-27(29(38)36-10-5-21(6-11-36)34-23-7-14-40-17-26(23)39-2)32-18-33-28(19)35-12-8-30(9-13-35)16-24(37)22-15-20(31)3-4-25(22)41-30/h3-4,15,18,21,23,26,34H,5-14,16-17H2,1-2H3. The van der Waals surface area contributed by atoms with Crippen molar-refractivity contribution in [1.29, 1.82) is 0 Å². The summed E-state index contributed by atoms with van der Waals surface area (Å²) in [6.07, 6.45) is 6.08. The summed E-state index contributed by atoms with van der Waals surface area (Å²) in [7, 11) is 1.73. The number of fused-ring (bicyclic) bond motifs is 1. The maximum atomic E-state index is 13.6. The zero-order valence-corrected chi connectivity index (χ0v) is 25.3. The number of ketones is 1. The molecule has 220 valence electrons. The Morgan fingerprint density at radius 2 is 1.93 bits per heavy atom. The van der Waals surface area contributed by atoms with E-state index >= 15 is 0 Å². The number of aromatic nitrogens is 2. The molecule has 3 fully saturated rings. The molecule has 5 heterocycles. The number of carbonyl (C=O) groups is 2. The molecule has 0 aliphatic carbocycles. The topological polar surface area (TPSA) is 106 Å². The smallest absolute Gasteiger partial charge is 0.272 e. The average Bonchev–Trinajstić information content (AvgIpc) is 2.99. The van der Waals surface area contributed by atoms with Crippen LogP contribution in [0, 0.1) is 6.92 Å². The summed E-state index contributed by atoms with van der Waals surface area (Å²) < 4.78 is 18.5. The number of halogens is 1. The highest BCUT2D eigenvalue weighted by molar-refractivity contribution is 9.10. The third-order valence-corrected chi connectivity index (χ3v) is 9.62. The maximum Gasteiger partial charge on any atom is 0.272 e. The Morgan fingerprint density at radius 3 is 2.68 bits per heavy atom. The Bertz CT molecular complexity index is 1290. The van der Waals surface area contributed by atoms with Gasteiger partial charge >= 0.3 is 0 Å². The predicted molar refractivity (Wildman–Crippen MR) is 157 cm³/mol. The van der Waals surface area contributed by atoms with Crippen LogP contribution >= 0.6 is 15.9 Å². The minimum Gasteiger partial charge on any atom is -0.486 e. The van der Waals surface area contributed by atoms with Gasteiger partial charge < -0.3 is 29.3 Å². The molecule has 1 aromatic heterocycles. The highest BCUT2D eigenvalue weighted by Crippen LogP contribution is 2.41. The monoisotopic (exact) mass is 627 g/mol. The second-order valence-electron chi connectivity index (χ2n) is 11.7. The zero-order valence-electron chi connectivity index (χ0n) is 23.7. The number of piperidine rings is 2. The van der Waals surface area contributed by atoms with Crippen LogP contribution in [0.5, 0.6) is 5.75 Å². The lowest BCUT2D eigenvalue weighted by Gasteiger charge is -2.44. The lowest BCUT2D eigenvalue weighted by Crippen LogP contribution is -2.54. The third-order valence-electron chi connectivity index (χ3n) is 9.12. The fourth-order valence-electron chi connectivity index (χ4n) is 6.68. The molecule has 4 aliphatic rings. The second kappa shape index (κ2) is 11.9. The number of amides is 1. The van der Waals surface area contributed by atoms with Crippen molar-refractivity contribution in [1.82, 2.24) is 20.2 Å². The van der Waals surface area contributed by atoms with Gasteiger partial charge in [0.15, 0.2) is 5.78 Å². The molecular weight excluding hydrogens is 590 g/mol. The van der Waals surface area contributed by atoms with E-state index in [-0.39, 0.29) is 23.8 Å². The Hall–Kier alpha value is -2.60. The number of anilines is 1. The summed E-state index contributed by atoms with van der Waals surface area (Å²) in [6, 6.07) is 6.25. The molecule has 0 radical (unpaired) electrons. The fraction of sp³-hybridized carbons (Fsp3) is 0.600. The number of carbonyl (C=O) groups excluding carboxylic acids is 2. The van der Waals surface area contributed by atoms with Gasteiger partial charge in [-0.1, -0.05) is 15.9 Å². The first-order valence-electron chi connectivity index (χ1n) is 14.6. The largest absolute Gasteiger partial charge is 0.486 e. The first kappa shape index (κ1) is 28.5. The second-order valence-corrected chi connectivity index (χ2v) is 12.6. The molecule has 11 heteroatoms. The Kier molecular flexibility index (Phi) is 8.31. The van der Waals surface area contributed by atoms with Crippen LogP contribution in [0.15, 0.2) is 29.0 Å². The lowest BCUT2D eigenvalue weighted by atomic mass is 9.82. The van der Waals surface area contributed by atoms with E-state index in [1.54, 1.807) is 7.11 Å². The number of nitrogens with zero attached hydrogens (tertiary/aromatic N) is 4. The Labute approximate surface area is 249 Å². The Morgan fingerprint density at radius 1 is 1.15 bits per heavy atom. The van der Waals surface area contributed by atoms with Crippen LogP contribution in [0.1, 0.15) is 64.9 Å². The van der Waals surface area contributed by atoms with Gasteiger partial charge in [0.25, 0.3) is 5.91 Å². The third kappa shape index (κ3) is 5.86. The van der Waals surface area contributed by atoms with E-state index in [1.165, 1.54) is 6.33 Å². The van der Waals surface area contributed by atoms with Crippen molar-refractivity contribution in [2.45, 2.75) is 69.2 Å². The number of nitrogens with one attached hydrogen (secondary N) is 1. The molecule has 1 aromatic carbocycles. The molecule has 1 amide bonds. The van der Waals surface area contributed by atoms with Crippen LogP contribution in [0.3, 0.4) is 0 Å². The van der Waals surface area contributed by atoms with Crippen molar-refractivity contribution >= 4 is 33.4 Å². The molecule has 2 atom stereocenters. The summed E-state index contributed by atoms with van der Waals surface area (Å²) in [4.78, 5) is 39.6. The summed E-state index contributed by atoms with van der Waals surface area (Å²) in [6.45, 7) is 6.06. The molecule has 6 rings (SSSR count). The van der Waals surface area contributed by atoms with Gasteiger partial charge in [-0.05, 0) is 44.4 Å². The fourth-order valence-corrected chi connectivity index (χ4v) is 7.04. The number of methoxy groups -OCH3 is 1. The highest BCUT2D eigenvalue weighted by Gasteiger charge is 2.43. The van der Waals surface area contributed by atoms with E-state index in [1.807, 2.05) is 30.0 Å². The van der Waals surface area contributed by atoms with Gasteiger partial charge in [-0.3, -0.25) is 9.59 Å². The maximum absolute atomic E-state index is 13.6. The SMILES string of the molecule is COC1COCCC1NC1CCN(C(=O)c2ncnc(N3CCC4(CC3)CC(=O)c3cc(Br)ccc3O4)c2C)CC1. The minimum atomic E-state index is -0.500. The number of hydrogen-bond donors (Lipinski definition) is 1. The quantitative estimate of drug-likeness (QED) is 0.533. The number of Topliss-reactive ketones (excluding diaryl/α,β-unsaturated/α-hetero) is 1. The van der Waals surface area contributed by atoms with Crippen LogP contribution in [0.2, 0.25) is 0 Å². The van der Waals surface area contributed by atoms with Crippen molar-refractivity contribution in [3.63, 3.8) is 0 Å². The van der Waals surface area contributed by atoms with Gasteiger partial charge in [0, 0.05) is 74.9 Å². The lowest BCUT2D eigenvalue weighted by molar-refractivity contribution is -0.0533. The molecule has 0 bridgehead atoms. The van der Waals surface area contributed by atoms with Crippen molar-refractivity contribution in [2.75, 3.05) is 51.4 Å². The molecular formula is C30H38BrN5O5. The minimum absolute atomic E-state index is 0.0390. The normalized spacial score (nSPS) is 24.7. The molecule has 4 aliphatic heterocycles. The molecule has 0 saturated carbocycles. The first-order chi connectivity index (χ1) is 19.9. The number of hydrogen-bond acceptors (Lipinski definition) is 9. The first-order valence-corrected chi connectivity index (χ1v) is 15.4. The van der Waals surface area contributed by atoms with Gasteiger partial charge in [0.1, 0.15) is 29.2 Å². The predicted octanol–water partition coefficient (Wildman–Crippen LogP) is 3.55. The van der Waals surface area contributed by atoms with E-state index in [4.69, 9.17) is 14.2 Å². The van der Waals surface area contributed by atoms with Crippen molar-refractivity contribution in [2.24, 2.45) is 0 Å². The number of ether oxygens (including phenoxy) is 3. The van der Waals surface area contributed by atoms with Crippen molar-refractivity contribution in [3.05, 3.63) is 45.8 Å². The molecule has 2 unspecified atom stereocenters. The van der Waals surface area contributed by atoms with Gasteiger partial charge in [-0.2, -0.15) is 0 Å². The number of rotatable bonds is 5. The van der Waals surface area contributed by atoms with E-state index < -0.39 is 5.60 Å². The zero-order chi connectivity index (χ0) is 28.6. The van der Waals surface area contributed by atoms with Gasteiger partial charge in [-0.15, -0.1) is 0 Å². The molecule has 2 aromatic rings. The number of likely N-dealkylation sites (tertiary alicyclic amines) is 1.